The molecule has 1 unspecified atom stereocenters. The highest BCUT2D eigenvalue weighted by atomic mass is 19.1. The molecule has 0 spiro atoms. The number of aromatic hydroxyl groups is 1. The molecule has 2 aromatic heterocycles. The predicted molar refractivity (Wildman–Crippen MR) is 161 cm³/mol. The fourth-order valence-electron chi connectivity index (χ4n) is 7.22. The van der Waals surface area contributed by atoms with Gasteiger partial charge in [-0.25, -0.2) is 13.2 Å². The van der Waals surface area contributed by atoms with Gasteiger partial charge in [0, 0.05) is 49.8 Å². The summed E-state index contributed by atoms with van der Waals surface area (Å²) in [5.41, 5.74) is -1.92. The minimum absolute atomic E-state index is 0.0291. The number of ether oxygens (including phenoxy) is 2. The van der Waals surface area contributed by atoms with Gasteiger partial charge in [0.25, 0.3) is 0 Å². The maximum atomic E-state index is 16.7. The van der Waals surface area contributed by atoms with Crippen molar-refractivity contribution in [1.82, 2.24) is 19.9 Å². The Morgan fingerprint density at radius 1 is 1.14 bits per heavy atom. The Labute approximate surface area is 252 Å². The summed E-state index contributed by atoms with van der Waals surface area (Å²) in [7, 11) is 0. The third kappa shape index (κ3) is 4.86. The second-order valence-corrected chi connectivity index (χ2v) is 12.3. The van der Waals surface area contributed by atoms with Crippen molar-refractivity contribution in [3.8, 4) is 35.4 Å². The van der Waals surface area contributed by atoms with Crippen LogP contribution >= 0.6 is 0 Å². The van der Waals surface area contributed by atoms with E-state index in [-0.39, 0.29) is 46.1 Å². The standard InChI is InChI=1S/C33H32F3N5O3/c1-3-22-25(34)7-6-20-14-21(42)15-23(26(20)22)28-27(35)29-24(16-37-28)30(40-9-5-12-43-13-11-40)39-31(38-29)44-19-33-8-4-10-41(33)18-32(2,36)17-33/h1,6-7,14-16,42H,4-5,8-13,17-19H2,2H3/t32-,33?/m1/s1. The van der Waals surface area contributed by atoms with Crippen molar-refractivity contribution in [1.29, 1.82) is 0 Å². The maximum absolute atomic E-state index is 16.7. The molecule has 2 aromatic carbocycles. The van der Waals surface area contributed by atoms with Gasteiger partial charge in [-0.1, -0.05) is 12.0 Å². The molecule has 0 saturated carbocycles. The van der Waals surface area contributed by atoms with Crippen LogP contribution in [0.25, 0.3) is 32.9 Å². The second-order valence-electron chi connectivity index (χ2n) is 12.3. The Hall–Kier alpha value is -4.14. The molecule has 3 aliphatic heterocycles. The van der Waals surface area contributed by atoms with E-state index in [1.54, 1.807) is 6.92 Å². The molecule has 0 bridgehead atoms. The number of anilines is 1. The van der Waals surface area contributed by atoms with Gasteiger partial charge in [0.1, 0.15) is 40.9 Å². The largest absolute Gasteiger partial charge is 0.508 e. The molecule has 3 fully saturated rings. The number of terminal acetylenes is 1. The summed E-state index contributed by atoms with van der Waals surface area (Å²) in [6, 6.07) is 5.40. The van der Waals surface area contributed by atoms with Gasteiger partial charge in [-0.15, -0.1) is 6.42 Å². The van der Waals surface area contributed by atoms with Crippen molar-refractivity contribution < 1.29 is 27.8 Å². The Morgan fingerprint density at radius 2 is 2.00 bits per heavy atom. The summed E-state index contributed by atoms with van der Waals surface area (Å²) in [5, 5.41) is 11.5. The molecule has 1 N–H and O–H groups in total. The number of rotatable bonds is 5. The summed E-state index contributed by atoms with van der Waals surface area (Å²) >= 11 is 0. The number of halogens is 3. The van der Waals surface area contributed by atoms with Crippen LogP contribution in [0.5, 0.6) is 11.8 Å². The molecule has 8 nitrogen and oxygen atoms in total. The lowest BCUT2D eigenvalue weighted by Crippen LogP contribution is -2.43. The fourth-order valence-corrected chi connectivity index (χ4v) is 7.22. The molecule has 0 amide bonds. The van der Waals surface area contributed by atoms with E-state index in [1.165, 1.54) is 30.5 Å². The first-order valence-electron chi connectivity index (χ1n) is 14.9. The molecule has 3 aliphatic rings. The molecule has 3 saturated heterocycles. The van der Waals surface area contributed by atoms with E-state index in [4.69, 9.17) is 20.9 Å². The normalized spacial score (nSPS) is 24.0. The molecule has 2 atom stereocenters. The SMILES string of the molecule is C#Cc1c(F)ccc2cc(O)cc(-c3ncc4c(N5CCCOCC5)nc(OCC56CCCN5C[C@](C)(F)C6)nc4c3F)c12. The highest BCUT2D eigenvalue weighted by molar-refractivity contribution is 6.03. The lowest BCUT2D eigenvalue weighted by Gasteiger charge is -2.31. The summed E-state index contributed by atoms with van der Waals surface area (Å²) in [6.07, 6.45) is 9.95. The first kappa shape index (κ1) is 28.6. The number of alkyl halides is 1. The molecule has 4 aromatic rings. The number of hydrogen-bond donors (Lipinski definition) is 1. The van der Waals surface area contributed by atoms with E-state index in [9.17, 15) is 9.50 Å². The van der Waals surface area contributed by atoms with Gasteiger partial charge >= 0.3 is 6.01 Å². The van der Waals surface area contributed by atoms with Gasteiger partial charge in [-0.05, 0) is 56.3 Å². The molecule has 228 valence electrons. The smallest absolute Gasteiger partial charge is 0.319 e. The maximum Gasteiger partial charge on any atom is 0.319 e. The number of benzene rings is 2. The van der Waals surface area contributed by atoms with Crippen molar-refractivity contribution in [2.24, 2.45) is 0 Å². The van der Waals surface area contributed by atoms with Crippen LogP contribution in [0.4, 0.5) is 19.0 Å². The molecule has 0 radical (unpaired) electrons. The van der Waals surface area contributed by atoms with Gasteiger partial charge in [-0.3, -0.25) is 9.88 Å². The third-order valence-electron chi connectivity index (χ3n) is 9.05. The van der Waals surface area contributed by atoms with E-state index in [0.29, 0.717) is 55.9 Å². The van der Waals surface area contributed by atoms with Gasteiger partial charge < -0.3 is 19.5 Å². The van der Waals surface area contributed by atoms with Crippen molar-refractivity contribution >= 4 is 27.5 Å². The number of pyridine rings is 1. The summed E-state index contributed by atoms with van der Waals surface area (Å²) < 4.78 is 58.4. The van der Waals surface area contributed by atoms with Gasteiger partial charge in [0.05, 0.1) is 23.1 Å². The Kier molecular flexibility index (Phi) is 7.02. The number of hydrogen-bond acceptors (Lipinski definition) is 8. The van der Waals surface area contributed by atoms with Crippen molar-refractivity contribution in [2.75, 3.05) is 50.9 Å². The minimum Gasteiger partial charge on any atom is -0.508 e. The number of phenolic OH excluding ortho intramolecular Hbond substituents is 1. The fraction of sp³-hybridized carbons (Fsp3) is 0.424. The van der Waals surface area contributed by atoms with Crippen LogP contribution in [0, 0.1) is 24.0 Å². The lowest BCUT2D eigenvalue weighted by atomic mass is 9.90. The van der Waals surface area contributed by atoms with Crippen LogP contribution in [0.15, 0.2) is 30.5 Å². The van der Waals surface area contributed by atoms with Gasteiger partial charge in [-0.2, -0.15) is 9.97 Å². The van der Waals surface area contributed by atoms with Gasteiger partial charge in [0.2, 0.25) is 0 Å². The average Bonchev–Trinajstić information content (AvgIpc) is 3.32. The van der Waals surface area contributed by atoms with Crippen LogP contribution in [0.3, 0.4) is 0 Å². The summed E-state index contributed by atoms with van der Waals surface area (Å²) in [5.74, 6) is 1.21. The molecule has 11 heteroatoms. The highest BCUT2D eigenvalue weighted by Gasteiger charge is 2.54. The van der Waals surface area contributed by atoms with Crippen LogP contribution in [0.1, 0.15) is 38.2 Å². The highest BCUT2D eigenvalue weighted by Crippen LogP contribution is 2.45. The number of fused-ring (bicyclic) bond motifs is 3. The monoisotopic (exact) mass is 603 g/mol. The minimum atomic E-state index is -1.32. The van der Waals surface area contributed by atoms with E-state index >= 15 is 8.78 Å². The Balaban J connectivity index is 1.37. The average molecular weight is 604 g/mol. The van der Waals surface area contributed by atoms with Crippen LogP contribution in [-0.2, 0) is 4.74 Å². The molecule has 0 aliphatic carbocycles. The predicted octanol–water partition coefficient (Wildman–Crippen LogP) is 5.38. The molecular weight excluding hydrogens is 571 g/mol. The second kappa shape index (κ2) is 10.8. The van der Waals surface area contributed by atoms with Crippen LogP contribution < -0.4 is 9.64 Å². The lowest BCUT2D eigenvalue weighted by molar-refractivity contribution is 0.107. The molecule has 44 heavy (non-hydrogen) atoms. The first-order chi connectivity index (χ1) is 21.2. The quantitative estimate of drug-likeness (QED) is 0.305. The van der Waals surface area contributed by atoms with Crippen LogP contribution in [-0.4, -0.2) is 82.2 Å². The van der Waals surface area contributed by atoms with E-state index in [2.05, 4.69) is 20.8 Å². The summed E-state index contributed by atoms with van der Waals surface area (Å²) in [4.78, 5) is 17.8. The molecular formula is C33H32F3N5O3. The Morgan fingerprint density at radius 3 is 2.84 bits per heavy atom. The zero-order valence-electron chi connectivity index (χ0n) is 24.4. The number of aromatic nitrogens is 3. The van der Waals surface area contributed by atoms with E-state index in [0.717, 1.165) is 25.8 Å². The van der Waals surface area contributed by atoms with Crippen molar-refractivity contribution in [2.45, 2.75) is 43.8 Å². The topological polar surface area (TPSA) is 83.8 Å². The summed E-state index contributed by atoms with van der Waals surface area (Å²) in [6.45, 7) is 5.13. The zero-order chi connectivity index (χ0) is 30.6. The zero-order valence-corrected chi connectivity index (χ0v) is 24.4. The van der Waals surface area contributed by atoms with Crippen LogP contribution in [0.2, 0.25) is 0 Å². The number of phenols is 1. The van der Waals surface area contributed by atoms with Crippen molar-refractivity contribution in [3.63, 3.8) is 0 Å². The first-order valence-corrected chi connectivity index (χ1v) is 14.9. The molecule has 7 rings (SSSR count). The van der Waals surface area contributed by atoms with E-state index in [1.807, 2.05) is 4.90 Å². The number of nitrogens with zero attached hydrogens (tertiary/aromatic N) is 5. The van der Waals surface area contributed by atoms with Gasteiger partial charge in [0.15, 0.2) is 5.82 Å². The van der Waals surface area contributed by atoms with Crippen molar-refractivity contribution in [3.05, 3.63) is 47.7 Å². The Bertz CT molecular complexity index is 1820. The third-order valence-corrected chi connectivity index (χ3v) is 9.05. The van der Waals surface area contributed by atoms with E-state index < -0.39 is 22.8 Å². The molecule has 5 heterocycles.